The van der Waals surface area contributed by atoms with Crippen LogP contribution in [0.3, 0.4) is 0 Å². The molecule has 1 aliphatic rings. The minimum absolute atomic E-state index is 0.168. The van der Waals surface area contributed by atoms with E-state index in [0.717, 1.165) is 0 Å². The van der Waals surface area contributed by atoms with E-state index in [2.05, 4.69) is 10.5 Å². The molecule has 0 fully saturated rings. The first-order chi connectivity index (χ1) is 7.59. The van der Waals surface area contributed by atoms with Crippen LogP contribution in [-0.4, -0.2) is 11.0 Å². The third-order valence-corrected chi connectivity index (χ3v) is 2.88. The molecule has 0 amide bonds. The molecular formula is C9H9Cl2N5. The number of halogens is 2. The van der Waals surface area contributed by atoms with Crippen LogP contribution in [0.15, 0.2) is 29.5 Å². The number of guanidine groups is 1. The van der Waals surface area contributed by atoms with Crippen molar-refractivity contribution in [1.29, 1.82) is 0 Å². The normalized spacial score (nSPS) is 15.3. The molecule has 16 heavy (non-hydrogen) atoms. The number of hydrogen-bond acceptors (Lipinski definition) is 5. The summed E-state index contributed by atoms with van der Waals surface area (Å²) in [6.45, 7) is 0. The Balaban J connectivity index is 2.40. The molecule has 0 spiro atoms. The van der Waals surface area contributed by atoms with Gasteiger partial charge in [-0.3, -0.25) is 10.4 Å². The van der Waals surface area contributed by atoms with E-state index in [-0.39, 0.29) is 5.96 Å². The number of nitrogens with two attached hydrogens (primary N) is 2. The van der Waals surface area contributed by atoms with Gasteiger partial charge in [0.1, 0.15) is 0 Å². The number of hydrazone groups is 1. The fourth-order valence-electron chi connectivity index (χ4n) is 1.25. The van der Waals surface area contributed by atoms with Crippen molar-refractivity contribution in [2.75, 3.05) is 0 Å². The van der Waals surface area contributed by atoms with Crippen LogP contribution in [0.4, 0.5) is 0 Å². The van der Waals surface area contributed by atoms with E-state index in [4.69, 9.17) is 34.8 Å². The van der Waals surface area contributed by atoms with Crippen LogP contribution in [0, 0.1) is 0 Å². The first-order valence-corrected chi connectivity index (χ1v) is 5.14. The lowest BCUT2D eigenvalue weighted by Gasteiger charge is -2.21. The zero-order valence-corrected chi connectivity index (χ0v) is 9.63. The smallest absolute Gasteiger partial charge is 0.232 e. The Morgan fingerprint density at radius 3 is 2.75 bits per heavy atom. The third kappa shape index (κ3) is 1.92. The molecule has 0 aliphatic carbocycles. The van der Waals surface area contributed by atoms with E-state index >= 15 is 0 Å². The van der Waals surface area contributed by atoms with Gasteiger partial charge in [-0.1, -0.05) is 35.3 Å². The fourth-order valence-corrected chi connectivity index (χ4v) is 1.65. The maximum Gasteiger partial charge on any atom is 0.232 e. The molecule has 0 bridgehead atoms. The summed E-state index contributed by atoms with van der Waals surface area (Å²) in [4.78, 5) is 0. The van der Waals surface area contributed by atoms with Gasteiger partial charge in [0.25, 0.3) is 0 Å². The molecule has 1 heterocycles. The lowest BCUT2D eigenvalue weighted by Crippen LogP contribution is -2.42. The maximum atomic E-state index is 6.06. The van der Waals surface area contributed by atoms with E-state index < -0.39 is 0 Å². The fraction of sp³-hybridized carbons (Fsp3) is 0. The highest BCUT2D eigenvalue weighted by molar-refractivity contribution is 6.43. The van der Waals surface area contributed by atoms with Crippen LogP contribution < -0.4 is 17.0 Å². The second kappa shape index (κ2) is 4.21. The lowest BCUT2D eigenvalue weighted by molar-refractivity contribution is 0.567. The van der Waals surface area contributed by atoms with Gasteiger partial charge in [0.15, 0.2) is 0 Å². The molecule has 2 rings (SSSR count). The van der Waals surface area contributed by atoms with Gasteiger partial charge >= 0.3 is 0 Å². The van der Waals surface area contributed by atoms with Crippen molar-refractivity contribution in [3.63, 3.8) is 0 Å². The highest BCUT2D eigenvalue weighted by Gasteiger charge is 2.14. The molecule has 0 unspecified atom stereocenters. The topological polar surface area (TPSA) is 79.7 Å². The molecule has 0 saturated heterocycles. The summed E-state index contributed by atoms with van der Waals surface area (Å²) >= 11 is 12.0. The van der Waals surface area contributed by atoms with Crippen molar-refractivity contribution in [3.8, 4) is 0 Å². The second-order valence-corrected chi connectivity index (χ2v) is 3.92. The summed E-state index contributed by atoms with van der Waals surface area (Å²) in [5.41, 5.74) is 9.55. The van der Waals surface area contributed by atoms with Gasteiger partial charge in [-0.05, 0) is 6.07 Å². The second-order valence-electron chi connectivity index (χ2n) is 3.13. The molecule has 0 aromatic heterocycles. The molecule has 5 nitrogen and oxygen atoms in total. The van der Waals surface area contributed by atoms with Gasteiger partial charge in [-0.15, -0.1) is 5.10 Å². The Kier molecular flexibility index (Phi) is 2.91. The molecule has 1 aromatic carbocycles. The van der Waals surface area contributed by atoms with Crippen molar-refractivity contribution in [2.45, 2.75) is 0 Å². The molecule has 0 saturated carbocycles. The van der Waals surface area contributed by atoms with Crippen molar-refractivity contribution in [1.82, 2.24) is 10.4 Å². The summed E-state index contributed by atoms with van der Waals surface area (Å²) in [5, 5.41) is 5.92. The monoisotopic (exact) mass is 257 g/mol. The van der Waals surface area contributed by atoms with Gasteiger partial charge in [0.05, 0.1) is 21.9 Å². The zero-order valence-electron chi connectivity index (χ0n) is 8.11. The SMILES string of the molecule is NC1=NNC(c2cccc(Cl)c2Cl)=CN1N. The van der Waals surface area contributed by atoms with E-state index in [1.165, 1.54) is 5.01 Å². The largest absolute Gasteiger partial charge is 0.367 e. The minimum atomic E-state index is 0.168. The number of nitrogens with zero attached hydrogens (tertiary/aromatic N) is 2. The van der Waals surface area contributed by atoms with Crippen molar-refractivity contribution >= 4 is 34.9 Å². The average Bonchev–Trinajstić information content (AvgIpc) is 2.26. The van der Waals surface area contributed by atoms with Crippen LogP contribution in [0.25, 0.3) is 5.70 Å². The van der Waals surface area contributed by atoms with Crippen LogP contribution in [0.1, 0.15) is 5.56 Å². The summed E-state index contributed by atoms with van der Waals surface area (Å²) in [7, 11) is 0. The number of benzene rings is 1. The molecule has 0 atom stereocenters. The summed E-state index contributed by atoms with van der Waals surface area (Å²) in [5.74, 6) is 5.75. The predicted octanol–water partition coefficient (Wildman–Crippen LogP) is 1.30. The van der Waals surface area contributed by atoms with Crippen LogP contribution >= 0.6 is 23.2 Å². The van der Waals surface area contributed by atoms with Gasteiger partial charge < -0.3 is 5.73 Å². The number of hydrazine groups is 1. The molecule has 1 aromatic rings. The standard InChI is InChI=1S/C9H9Cl2N5/c10-6-3-1-2-5(8(6)11)7-4-16(13)9(12)15-14-7/h1-4,14H,13H2,(H2,12,15). The highest BCUT2D eigenvalue weighted by atomic mass is 35.5. The Labute approximate surface area is 102 Å². The van der Waals surface area contributed by atoms with Crippen molar-refractivity contribution in [2.24, 2.45) is 16.7 Å². The van der Waals surface area contributed by atoms with Crippen molar-refractivity contribution < 1.29 is 0 Å². The molecule has 0 radical (unpaired) electrons. The number of rotatable bonds is 1. The minimum Gasteiger partial charge on any atom is -0.367 e. The Morgan fingerprint density at radius 2 is 2.06 bits per heavy atom. The predicted molar refractivity (Wildman–Crippen MR) is 65.2 cm³/mol. The number of nitrogens with one attached hydrogen (secondary N) is 1. The van der Waals surface area contributed by atoms with Crippen LogP contribution in [-0.2, 0) is 0 Å². The van der Waals surface area contributed by atoms with Gasteiger partial charge in [-0.25, -0.2) is 5.84 Å². The third-order valence-electron chi connectivity index (χ3n) is 2.07. The van der Waals surface area contributed by atoms with Crippen molar-refractivity contribution in [3.05, 3.63) is 40.0 Å². The molecule has 84 valence electrons. The average molecular weight is 258 g/mol. The number of hydrogen-bond donors (Lipinski definition) is 3. The molecular weight excluding hydrogens is 249 g/mol. The van der Waals surface area contributed by atoms with Gasteiger partial charge in [0, 0.05) is 5.56 Å². The Morgan fingerprint density at radius 1 is 1.31 bits per heavy atom. The van der Waals surface area contributed by atoms with E-state index in [0.29, 0.717) is 21.3 Å². The van der Waals surface area contributed by atoms with E-state index in [1.54, 1.807) is 24.4 Å². The maximum absolute atomic E-state index is 6.06. The summed E-state index contributed by atoms with van der Waals surface area (Å²) in [6.07, 6.45) is 1.58. The van der Waals surface area contributed by atoms with Crippen LogP contribution in [0.5, 0.6) is 0 Å². The van der Waals surface area contributed by atoms with E-state index in [1.807, 2.05) is 0 Å². The Hall–Kier alpha value is -1.43. The summed E-state index contributed by atoms with van der Waals surface area (Å²) in [6, 6.07) is 5.29. The first kappa shape index (κ1) is 11.1. The molecule has 7 heteroatoms. The van der Waals surface area contributed by atoms with Gasteiger partial charge in [0.2, 0.25) is 5.96 Å². The van der Waals surface area contributed by atoms with E-state index in [9.17, 15) is 0 Å². The summed E-state index contributed by atoms with van der Waals surface area (Å²) < 4.78 is 0. The quantitative estimate of drug-likeness (QED) is 0.663. The molecule has 5 N–H and O–H groups in total. The Bertz CT molecular complexity index is 483. The molecule has 1 aliphatic heterocycles. The van der Waals surface area contributed by atoms with Gasteiger partial charge in [-0.2, -0.15) is 0 Å². The lowest BCUT2D eigenvalue weighted by atomic mass is 10.1. The van der Waals surface area contributed by atoms with Crippen LogP contribution in [0.2, 0.25) is 10.0 Å². The first-order valence-electron chi connectivity index (χ1n) is 4.39. The zero-order chi connectivity index (χ0) is 11.7. The highest BCUT2D eigenvalue weighted by Crippen LogP contribution is 2.29.